The van der Waals surface area contributed by atoms with E-state index in [4.69, 9.17) is 9.47 Å². The molecular weight excluding hydrogens is 362 g/mol. The molecule has 2 aliphatic rings. The average Bonchev–Trinajstić information content (AvgIpc) is 3.27. The van der Waals surface area contributed by atoms with Crippen LogP contribution in [0.25, 0.3) is 0 Å². The summed E-state index contributed by atoms with van der Waals surface area (Å²) in [6.45, 7) is 5.55. The molecule has 0 saturated carbocycles. The first-order valence-corrected chi connectivity index (χ1v) is 9.63. The number of carbonyl (C=O) groups excluding carboxylic acids is 1. The zero-order valence-corrected chi connectivity index (χ0v) is 15.8. The highest BCUT2D eigenvalue weighted by Gasteiger charge is 2.37. The van der Waals surface area contributed by atoms with Gasteiger partial charge in [0.2, 0.25) is 5.91 Å². The largest absolute Gasteiger partial charge is 0.379 e. The Balaban J connectivity index is 1.50. The van der Waals surface area contributed by atoms with Crippen LogP contribution < -0.4 is 0 Å². The van der Waals surface area contributed by atoms with E-state index in [0.29, 0.717) is 26.1 Å². The number of hydrogen-bond acceptors (Lipinski definition) is 8. The van der Waals surface area contributed by atoms with Crippen LogP contribution in [0.3, 0.4) is 0 Å². The zero-order valence-electron chi connectivity index (χ0n) is 15.8. The fraction of sp³-hybridized carbons (Fsp3) is 0.611. The summed E-state index contributed by atoms with van der Waals surface area (Å²) in [5.41, 5.74) is 0.997. The number of amides is 1. The van der Waals surface area contributed by atoms with Gasteiger partial charge in [0.1, 0.15) is 6.33 Å². The Morgan fingerprint density at radius 1 is 1.21 bits per heavy atom. The third-order valence-corrected chi connectivity index (χ3v) is 5.19. The van der Waals surface area contributed by atoms with Gasteiger partial charge in [-0.25, -0.2) is 4.68 Å². The molecule has 2 atom stereocenters. The van der Waals surface area contributed by atoms with E-state index in [0.717, 1.165) is 38.4 Å². The Labute approximate surface area is 163 Å². The Bertz CT molecular complexity index is 737. The molecule has 1 amide bonds. The molecule has 10 heteroatoms. The van der Waals surface area contributed by atoms with Crippen LogP contribution in [0.5, 0.6) is 0 Å². The second-order valence-corrected chi connectivity index (χ2v) is 6.96. The van der Waals surface area contributed by atoms with E-state index < -0.39 is 0 Å². The van der Waals surface area contributed by atoms with Crippen molar-refractivity contribution in [1.82, 2.24) is 35.0 Å². The molecule has 2 fully saturated rings. The number of morpholine rings is 2. The van der Waals surface area contributed by atoms with Gasteiger partial charge in [-0.05, 0) is 22.1 Å². The Morgan fingerprint density at radius 2 is 2.11 bits per heavy atom. The van der Waals surface area contributed by atoms with Gasteiger partial charge >= 0.3 is 0 Å². The van der Waals surface area contributed by atoms with Crippen LogP contribution in [0.4, 0.5) is 0 Å². The lowest BCUT2D eigenvalue weighted by Crippen LogP contribution is -2.53. The molecule has 2 aromatic heterocycles. The quantitative estimate of drug-likeness (QED) is 0.670. The normalized spacial score (nSPS) is 23.6. The third kappa shape index (κ3) is 4.51. The first kappa shape index (κ1) is 18.9. The second kappa shape index (κ2) is 9.18. The van der Waals surface area contributed by atoms with Crippen molar-refractivity contribution in [2.75, 3.05) is 46.0 Å². The molecule has 2 aromatic rings. The Hall–Kier alpha value is -2.43. The number of nitrogens with zero attached hydrogens (tertiary/aromatic N) is 7. The monoisotopic (exact) mass is 387 g/mol. The van der Waals surface area contributed by atoms with E-state index in [1.165, 1.54) is 6.33 Å². The Kier molecular flexibility index (Phi) is 6.20. The van der Waals surface area contributed by atoms with Crippen LogP contribution in [-0.2, 0) is 20.8 Å². The molecule has 150 valence electrons. The molecule has 0 aromatic carbocycles. The molecule has 4 rings (SSSR count). The minimum atomic E-state index is -0.160. The minimum absolute atomic E-state index is 0.0691. The lowest BCUT2D eigenvalue weighted by molar-refractivity contribution is -0.149. The summed E-state index contributed by atoms with van der Waals surface area (Å²) in [7, 11) is 0. The predicted molar refractivity (Wildman–Crippen MR) is 98.1 cm³/mol. The van der Waals surface area contributed by atoms with Crippen LogP contribution in [-0.4, -0.2) is 93.0 Å². The molecule has 28 heavy (non-hydrogen) atoms. The van der Waals surface area contributed by atoms with Crippen molar-refractivity contribution in [2.45, 2.75) is 25.1 Å². The summed E-state index contributed by atoms with van der Waals surface area (Å²) in [6, 6.07) is 3.76. The van der Waals surface area contributed by atoms with Gasteiger partial charge in [0, 0.05) is 45.0 Å². The summed E-state index contributed by atoms with van der Waals surface area (Å²) in [4.78, 5) is 21.6. The topological polar surface area (TPSA) is 98.5 Å². The molecule has 4 heterocycles. The number of ether oxygens (including phenoxy) is 2. The summed E-state index contributed by atoms with van der Waals surface area (Å²) < 4.78 is 13.2. The smallest absolute Gasteiger partial charge is 0.225 e. The third-order valence-electron chi connectivity index (χ3n) is 5.19. The van der Waals surface area contributed by atoms with Gasteiger partial charge in [0.15, 0.2) is 0 Å². The lowest BCUT2D eigenvalue weighted by atomic mass is 9.98. The van der Waals surface area contributed by atoms with E-state index >= 15 is 0 Å². The van der Waals surface area contributed by atoms with Crippen molar-refractivity contribution < 1.29 is 14.3 Å². The second-order valence-electron chi connectivity index (χ2n) is 6.96. The highest BCUT2D eigenvalue weighted by atomic mass is 16.5. The molecule has 0 spiro atoms. The zero-order chi connectivity index (χ0) is 19.2. The van der Waals surface area contributed by atoms with Gasteiger partial charge in [-0.2, -0.15) is 0 Å². The molecule has 0 N–H and O–H groups in total. The number of aromatic nitrogens is 5. The summed E-state index contributed by atoms with van der Waals surface area (Å²) >= 11 is 0. The van der Waals surface area contributed by atoms with Crippen molar-refractivity contribution in [3.05, 3.63) is 36.4 Å². The lowest BCUT2D eigenvalue weighted by Gasteiger charge is -2.43. The maximum absolute atomic E-state index is 13.0. The number of pyridine rings is 1. The molecule has 0 bridgehead atoms. The maximum atomic E-state index is 13.0. The van der Waals surface area contributed by atoms with E-state index in [-0.39, 0.29) is 18.1 Å². The van der Waals surface area contributed by atoms with Crippen molar-refractivity contribution in [2.24, 2.45) is 0 Å². The summed E-state index contributed by atoms with van der Waals surface area (Å²) in [5, 5.41) is 11.1. The highest BCUT2D eigenvalue weighted by molar-refractivity contribution is 5.76. The number of aryl methyl sites for hydroxylation is 1. The first-order chi connectivity index (χ1) is 13.8. The van der Waals surface area contributed by atoms with Crippen LogP contribution >= 0.6 is 0 Å². The van der Waals surface area contributed by atoms with Crippen molar-refractivity contribution in [1.29, 1.82) is 0 Å². The van der Waals surface area contributed by atoms with Crippen LogP contribution in [0.1, 0.15) is 18.0 Å². The van der Waals surface area contributed by atoms with E-state index in [1.807, 2.05) is 23.2 Å². The number of hydrogen-bond donors (Lipinski definition) is 0. The molecule has 2 saturated heterocycles. The number of rotatable bonds is 6. The van der Waals surface area contributed by atoms with E-state index in [2.05, 4.69) is 25.4 Å². The molecule has 10 nitrogen and oxygen atoms in total. The standard InChI is InChI=1S/C18H25N7O3/c26-17(3-5-24-14-20-21-22-24)25-8-11-28-16(13-23-6-9-27-10-7-23)18(25)15-2-1-4-19-12-15/h1-2,4,12,14,16,18H,3,5-11,13H2/t16-,18-/m0/s1. The van der Waals surface area contributed by atoms with E-state index in [1.54, 1.807) is 10.9 Å². The van der Waals surface area contributed by atoms with Gasteiger partial charge in [-0.15, -0.1) is 5.10 Å². The van der Waals surface area contributed by atoms with E-state index in [9.17, 15) is 4.79 Å². The minimum Gasteiger partial charge on any atom is -0.379 e. The summed E-state index contributed by atoms with van der Waals surface area (Å²) in [5.74, 6) is 0.0691. The predicted octanol–water partition coefficient (Wildman–Crippen LogP) is -0.241. The Morgan fingerprint density at radius 3 is 2.86 bits per heavy atom. The number of carbonyl (C=O) groups is 1. The van der Waals surface area contributed by atoms with Crippen LogP contribution in [0.2, 0.25) is 0 Å². The SMILES string of the molecule is O=C(CCn1cnnn1)N1CCO[C@@H](CN2CCOCC2)[C@@H]1c1cccnc1. The van der Waals surface area contributed by atoms with Crippen molar-refractivity contribution >= 4 is 5.91 Å². The molecular formula is C18H25N7O3. The van der Waals surface area contributed by atoms with Gasteiger partial charge in [0.25, 0.3) is 0 Å². The van der Waals surface area contributed by atoms with Gasteiger partial charge in [-0.1, -0.05) is 6.07 Å². The maximum Gasteiger partial charge on any atom is 0.225 e. The fourth-order valence-corrected chi connectivity index (χ4v) is 3.79. The van der Waals surface area contributed by atoms with Gasteiger partial charge in [0.05, 0.1) is 38.5 Å². The van der Waals surface area contributed by atoms with Crippen molar-refractivity contribution in [3.63, 3.8) is 0 Å². The fourth-order valence-electron chi connectivity index (χ4n) is 3.79. The first-order valence-electron chi connectivity index (χ1n) is 9.63. The molecule has 0 unspecified atom stereocenters. The molecule has 0 radical (unpaired) electrons. The molecule has 2 aliphatic heterocycles. The van der Waals surface area contributed by atoms with Crippen LogP contribution in [0, 0.1) is 0 Å². The van der Waals surface area contributed by atoms with Gasteiger partial charge in [-0.3, -0.25) is 14.7 Å². The highest BCUT2D eigenvalue weighted by Crippen LogP contribution is 2.30. The van der Waals surface area contributed by atoms with Crippen molar-refractivity contribution in [3.8, 4) is 0 Å². The average molecular weight is 387 g/mol. The van der Waals surface area contributed by atoms with Crippen LogP contribution in [0.15, 0.2) is 30.9 Å². The summed E-state index contributed by atoms with van der Waals surface area (Å²) in [6.07, 6.45) is 5.33. The van der Waals surface area contributed by atoms with Gasteiger partial charge < -0.3 is 14.4 Å². The number of tetrazole rings is 1. The molecule has 0 aliphatic carbocycles.